The van der Waals surface area contributed by atoms with Crippen LogP contribution in [0.3, 0.4) is 0 Å². The van der Waals surface area contributed by atoms with Gasteiger partial charge in [-0.1, -0.05) is 30.3 Å². The van der Waals surface area contributed by atoms with Crippen LogP contribution >= 0.6 is 0 Å². The first-order valence-corrected chi connectivity index (χ1v) is 8.76. The van der Waals surface area contributed by atoms with E-state index in [-0.39, 0.29) is 5.84 Å². The van der Waals surface area contributed by atoms with Crippen LogP contribution in [-0.2, 0) is 24.2 Å². The number of hydrogen-bond donors (Lipinski definition) is 2. The zero-order chi connectivity index (χ0) is 17.8. The number of carbonyl (C=O) groups excluding carboxylic acids is 1. The molecular formula is C21H25N3O. The van der Waals surface area contributed by atoms with Gasteiger partial charge in [0.25, 0.3) is 0 Å². The summed E-state index contributed by atoms with van der Waals surface area (Å²) in [6.45, 7) is 0.800. The molecule has 2 aromatic carbocycles. The van der Waals surface area contributed by atoms with E-state index < -0.39 is 0 Å². The number of carbonyl (C=O) groups is 1. The van der Waals surface area contributed by atoms with Gasteiger partial charge in [0.15, 0.2) is 0 Å². The fourth-order valence-electron chi connectivity index (χ4n) is 3.55. The molecule has 1 atom stereocenters. The van der Waals surface area contributed by atoms with Gasteiger partial charge in [-0.25, -0.2) is 0 Å². The maximum absolute atomic E-state index is 10.8. The third-order valence-electron chi connectivity index (χ3n) is 5.08. The third kappa shape index (κ3) is 4.08. The fourth-order valence-corrected chi connectivity index (χ4v) is 3.55. The number of fused-ring (bicyclic) bond motifs is 1. The molecule has 4 heteroatoms. The van der Waals surface area contributed by atoms with Crippen molar-refractivity contribution >= 4 is 17.8 Å². The molecule has 130 valence electrons. The van der Waals surface area contributed by atoms with Crippen molar-refractivity contribution in [3.05, 3.63) is 64.7 Å². The lowest BCUT2D eigenvalue weighted by molar-refractivity contribution is -0.108. The van der Waals surface area contributed by atoms with Crippen LogP contribution in [0, 0.1) is 11.3 Å². The Labute approximate surface area is 149 Å². The molecular weight excluding hydrogens is 310 g/mol. The summed E-state index contributed by atoms with van der Waals surface area (Å²) in [5.74, 6) is 0.587. The summed E-state index contributed by atoms with van der Waals surface area (Å²) in [5.41, 5.74) is 11.4. The Kier molecular flexibility index (Phi) is 5.17. The number of aldehydes is 1. The van der Waals surface area contributed by atoms with Gasteiger partial charge in [0.2, 0.25) is 0 Å². The first-order chi connectivity index (χ1) is 12.1. The van der Waals surface area contributed by atoms with E-state index in [2.05, 4.69) is 30.1 Å². The molecule has 0 aromatic heterocycles. The van der Waals surface area contributed by atoms with Crippen molar-refractivity contribution in [1.29, 1.82) is 5.41 Å². The maximum atomic E-state index is 10.8. The lowest BCUT2D eigenvalue weighted by Gasteiger charge is -2.26. The van der Waals surface area contributed by atoms with Crippen molar-refractivity contribution in [3.63, 3.8) is 0 Å². The molecule has 2 aromatic rings. The van der Waals surface area contributed by atoms with Crippen molar-refractivity contribution in [2.45, 2.75) is 32.2 Å². The van der Waals surface area contributed by atoms with Crippen LogP contribution in [-0.4, -0.2) is 19.2 Å². The Bertz CT molecular complexity index is 767. The predicted octanol–water partition coefficient (Wildman–Crippen LogP) is 3.30. The number of nitrogens with two attached hydrogens (primary N) is 1. The molecule has 25 heavy (non-hydrogen) atoms. The summed E-state index contributed by atoms with van der Waals surface area (Å²) in [4.78, 5) is 13.0. The lowest BCUT2D eigenvalue weighted by atomic mass is 9.82. The number of hydrogen-bond acceptors (Lipinski definition) is 3. The molecule has 0 saturated heterocycles. The van der Waals surface area contributed by atoms with E-state index in [4.69, 9.17) is 11.1 Å². The number of nitrogens with zero attached hydrogens (tertiary/aromatic N) is 1. The zero-order valence-electron chi connectivity index (χ0n) is 14.7. The summed E-state index contributed by atoms with van der Waals surface area (Å²) >= 11 is 0. The average molecular weight is 335 g/mol. The minimum Gasteiger partial charge on any atom is -0.384 e. The van der Waals surface area contributed by atoms with E-state index in [1.807, 2.05) is 24.3 Å². The summed E-state index contributed by atoms with van der Waals surface area (Å²) in [7, 11) is 2.09. The molecule has 0 saturated carbocycles. The highest BCUT2D eigenvalue weighted by molar-refractivity contribution is 5.94. The molecule has 0 fully saturated rings. The van der Waals surface area contributed by atoms with E-state index >= 15 is 0 Å². The SMILES string of the molecule is CN(Cc1ccc(C(=N)N)cc1)c1ccc2c(c1)CC(CC=O)CC2. The second-order valence-corrected chi connectivity index (χ2v) is 6.93. The van der Waals surface area contributed by atoms with E-state index in [0.29, 0.717) is 12.3 Å². The Hall–Kier alpha value is -2.62. The van der Waals surface area contributed by atoms with Crippen LogP contribution in [0.1, 0.15) is 35.1 Å². The van der Waals surface area contributed by atoms with Gasteiger partial charge in [0.05, 0.1) is 0 Å². The Balaban J connectivity index is 1.72. The lowest BCUT2D eigenvalue weighted by Crippen LogP contribution is -2.19. The van der Waals surface area contributed by atoms with Gasteiger partial charge in [-0.3, -0.25) is 5.41 Å². The van der Waals surface area contributed by atoms with Crippen molar-refractivity contribution in [1.82, 2.24) is 0 Å². The minimum atomic E-state index is 0.0967. The van der Waals surface area contributed by atoms with Crippen LogP contribution < -0.4 is 10.6 Å². The highest BCUT2D eigenvalue weighted by Crippen LogP contribution is 2.30. The molecule has 0 amide bonds. The van der Waals surface area contributed by atoms with Gasteiger partial charge < -0.3 is 15.4 Å². The highest BCUT2D eigenvalue weighted by atomic mass is 16.1. The Morgan fingerprint density at radius 2 is 2.00 bits per heavy atom. The summed E-state index contributed by atoms with van der Waals surface area (Å²) in [5, 5.41) is 7.46. The largest absolute Gasteiger partial charge is 0.384 e. The predicted molar refractivity (Wildman–Crippen MR) is 102 cm³/mol. The highest BCUT2D eigenvalue weighted by Gasteiger charge is 2.19. The van der Waals surface area contributed by atoms with E-state index in [0.717, 1.165) is 37.7 Å². The molecule has 1 unspecified atom stereocenters. The number of amidine groups is 1. The van der Waals surface area contributed by atoms with Gasteiger partial charge >= 0.3 is 0 Å². The molecule has 0 radical (unpaired) electrons. The molecule has 0 aliphatic heterocycles. The fraction of sp³-hybridized carbons (Fsp3) is 0.333. The van der Waals surface area contributed by atoms with Crippen LogP contribution in [0.4, 0.5) is 5.69 Å². The summed E-state index contributed by atoms with van der Waals surface area (Å²) in [6.07, 6.45) is 4.91. The number of benzene rings is 2. The number of rotatable bonds is 6. The molecule has 1 aliphatic carbocycles. The average Bonchev–Trinajstić information content (AvgIpc) is 2.62. The van der Waals surface area contributed by atoms with Gasteiger partial charge in [0.1, 0.15) is 12.1 Å². The smallest absolute Gasteiger partial charge is 0.122 e. The van der Waals surface area contributed by atoms with Crippen molar-refractivity contribution in [2.75, 3.05) is 11.9 Å². The summed E-state index contributed by atoms with van der Waals surface area (Å²) in [6, 6.07) is 14.5. The van der Waals surface area contributed by atoms with E-state index in [9.17, 15) is 4.79 Å². The monoisotopic (exact) mass is 335 g/mol. The minimum absolute atomic E-state index is 0.0967. The first kappa shape index (κ1) is 17.2. The molecule has 0 bridgehead atoms. The van der Waals surface area contributed by atoms with Gasteiger partial charge in [-0.2, -0.15) is 0 Å². The maximum Gasteiger partial charge on any atom is 0.122 e. The van der Waals surface area contributed by atoms with E-state index in [1.165, 1.54) is 22.4 Å². The number of nitrogens with one attached hydrogen (secondary N) is 1. The second-order valence-electron chi connectivity index (χ2n) is 6.93. The van der Waals surface area contributed by atoms with Crippen LogP contribution in [0.25, 0.3) is 0 Å². The van der Waals surface area contributed by atoms with Gasteiger partial charge in [-0.05, 0) is 54.0 Å². The van der Waals surface area contributed by atoms with Crippen LogP contribution in [0.15, 0.2) is 42.5 Å². The molecule has 0 spiro atoms. The molecule has 4 nitrogen and oxygen atoms in total. The second kappa shape index (κ2) is 7.51. The number of anilines is 1. The summed E-state index contributed by atoms with van der Waals surface area (Å²) < 4.78 is 0. The first-order valence-electron chi connectivity index (χ1n) is 8.76. The molecule has 3 rings (SSSR count). The number of aryl methyl sites for hydroxylation is 1. The molecule has 3 N–H and O–H groups in total. The van der Waals surface area contributed by atoms with Crippen molar-refractivity contribution < 1.29 is 4.79 Å². The van der Waals surface area contributed by atoms with Crippen molar-refractivity contribution in [3.8, 4) is 0 Å². The third-order valence-corrected chi connectivity index (χ3v) is 5.08. The van der Waals surface area contributed by atoms with Gasteiger partial charge in [0, 0.05) is 31.3 Å². The zero-order valence-corrected chi connectivity index (χ0v) is 14.7. The normalized spacial score (nSPS) is 16.1. The quantitative estimate of drug-likeness (QED) is 0.483. The standard InChI is InChI=1S/C21H25N3O/c1-24(14-16-3-6-18(7-4-16)21(22)23)20-9-8-17-5-2-15(10-11-25)12-19(17)13-20/h3-4,6-9,11,13,15H,2,5,10,12,14H2,1H3,(H3,22,23). The van der Waals surface area contributed by atoms with Crippen LogP contribution in [0.5, 0.6) is 0 Å². The molecule has 0 heterocycles. The topological polar surface area (TPSA) is 70.2 Å². The van der Waals surface area contributed by atoms with Crippen molar-refractivity contribution in [2.24, 2.45) is 11.7 Å². The number of nitrogen functional groups attached to an aromatic ring is 1. The van der Waals surface area contributed by atoms with Crippen LogP contribution in [0.2, 0.25) is 0 Å². The Morgan fingerprint density at radius 1 is 1.24 bits per heavy atom. The Morgan fingerprint density at radius 3 is 2.68 bits per heavy atom. The molecule has 1 aliphatic rings. The van der Waals surface area contributed by atoms with Gasteiger partial charge in [-0.15, -0.1) is 0 Å². The van der Waals surface area contributed by atoms with E-state index in [1.54, 1.807) is 0 Å².